The highest BCUT2D eigenvalue weighted by Gasteiger charge is 2.39. The van der Waals surface area contributed by atoms with Gasteiger partial charge in [0.2, 0.25) is 0 Å². The monoisotopic (exact) mass is 298 g/mol. The Kier molecular flexibility index (Phi) is 4.81. The highest BCUT2D eigenvalue weighted by molar-refractivity contribution is 7.91. The van der Waals surface area contributed by atoms with Crippen molar-refractivity contribution in [3.63, 3.8) is 0 Å². The molecule has 1 aliphatic heterocycles. The van der Waals surface area contributed by atoms with E-state index in [0.29, 0.717) is 25.9 Å². The lowest BCUT2D eigenvalue weighted by Gasteiger charge is -2.29. The van der Waals surface area contributed by atoms with Gasteiger partial charge >= 0.3 is 0 Å². The van der Waals surface area contributed by atoms with Crippen LogP contribution >= 0.6 is 0 Å². The number of unbranched alkanes of at least 4 members (excludes halogenated alkanes) is 1. The van der Waals surface area contributed by atoms with E-state index in [1.807, 2.05) is 11.0 Å². The zero-order valence-electron chi connectivity index (χ0n) is 11.1. The number of rotatable bonds is 6. The molecule has 0 radical (unpaired) electrons. The van der Waals surface area contributed by atoms with Crippen molar-refractivity contribution in [1.29, 1.82) is 5.26 Å². The van der Waals surface area contributed by atoms with E-state index in [1.165, 1.54) is 0 Å². The van der Waals surface area contributed by atoms with Gasteiger partial charge in [0, 0.05) is 13.0 Å². The molecule has 2 atom stereocenters. The summed E-state index contributed by atoms with van der Waals surface area (Å²) in [7, 11) is -3.19. The summed E-state index contributed by atoms with van der Waals surface area (Å²) in [6, 6.07) is 5.22. The second-order valence-electron chi connectivity index (χ2n) is 5.02. The zero-order chi connectivity index (χ0) is 14.6. The summed E-state index contributed by atoms with van der Waals surface area (Å²) in [5, 5.41) is 18.6. The van der Waals surface area contributed by atoms with Crippen molar-refractivity contribution in [3.8, 4) is 6.07 Å². The van der Waals surface area contributed by atoms with Crippen LogP contribution in [-0.2, 0) is 16.4 Å². The minimum atomic E-state index is -3.19. The topological polar surface area (TPSA) is 94.5 Å². The molecule has 20 heavy (non-hydrogen) atoms. The number of nitrogens with zero attached hydrogens (tertiary/aromatic N) is 2. The molecule has 0 aromatic carbocycles. The fourth-order valence-electron chi connectivity index (χ4n) is 2.49. The van der Waals surface area contributed by atoms with Gasteiger partial charge in [0.25, 0.3) is 0 Å². The molecule has 0 aliphatic carbocycles. The molecule has 110 valence electrons. The van der Waals surface area contributed by atoms with Crippen LogP contribution in [0.25, 0.3) is 0 Å². The molecule has 0 amide bonds. The molecular formula is C13H18N2O4S. The fraction of sp³-hybridized carbons (Fsp3) is 0.615. The number of furan rings is 1. The molecule has 0 saturated carbocycles. The van der Waals surface area contributed by atoms with E-state index >= 15 is 0 Å². The molecule has 1 N–H and O–H groups in total. The molecule has 7 heteroatoms. The summed E-state index contributed by atoms with van der Waals surface area (Å²) in [5.74, 6) is 0.491. The van der Waals surface area contributed by atoms with Gasteiger partial charge in [-0.15, -0.1) is 0 Å². The Labute approximate surface area is 118 Å². The van der Waals surface area contributed by atoms with Crippen LogP contribution in [0, 0.1) is 11.3 Å². The average Bonchev–Trinajstić information content (AvgIpc) is 2.96. The summed E-state index contributed by atoms with van der Waals surface area (Å²) >= 11 is 0. The van der Waals surface area contributed by atoms with Crippen LogP contribution in [0.2, 0.25) is 0 Å². The second-order valence-corrected chi connectivity index (χ2v) is 7.18. The van der Waals surface area contributed by atoms with Gasteiger partial charge in [-0.3, -0.25) is 4.90 Å². The van der Waals surface area contributed by atoms with Crippen LogP contribution in [0.4, 0.5) is 0 Å². The SMILES string of the molecule is N#CCCCN(Cc1ccco1)C1CS(=O)(=O)CC1O. The van der Waals surface area contributed by atoms with Crippen LogP contribution in [-0.4, -0.2) is 48.6 Å². The molecule has 6 nitrogen and oxygen atoms in total. The summed E-state index contributed by atoms with van der Waals surface area (Å²) in [4.78, 5) is 1.89. The Morgan fingerprint density at radius 3 is 2.85 bits per heavy atom. The molecule has 1 fully saturated rings. The largest absolute Gasteiger partial charge is 0.468 e. The molecule has 0 spiro atoms. The Bertz CT molecular complexity index is 562. The Hall–Kier alpha value is -1.36. The van der Waals surface area contributed by atoms with Gasteiger partial charge in [-0.1, -0.05) is 0 Å². The molecule has 1 aromatic rings. The van der Waals surface area contributed by atoms with Gasteiger partial charge in [-0.2, -0.15) is 5.26 Å². The van der Waals surface area contributed by atoms with E-state index in [0.717, 1.165) is 5.76 Å². The Morgan fingerprint density at radius 1 is 1.50 bits per heavy atom. The zero-order valence-corrected chi connectivity index (χ0v) is 11.9. The molecule has 2 heterocycles. The van der Waals surface area contributed by atoms with Crippen LogP contribution in [0.5, 0.6) is 0 Å². The van der Waals surface area contributed by atoms with Gasteiger partial charge in [0.05, 0.1) is 42.5 Å². The number of sulfone groups is 1. The Morgan fingerprint density at radius 2 is 2.30 bits per heavy atom. The molecular weight excluding hydrogens is 280 g/mol. The molecule has 1 aliphatic rings. The van der Waals surface area contributed by atoms with Crippen LogP contribution in [0.3, 0.4) is 0 Å². The van der Waals surface area contributed by atoms with Gasteiger partial charge in [0.15, 0.2) is 9.84 Å². The first-order valence-corrected chi connectivity index (χ1v) is 8.36. The molecule has 0 bridgehead atoms. The minimum absolute atomic E-state index is 0.0402. The van der Waals surface area contributed by atoms with Crippen LogP contribution in [0.1, 0.15) is 18.6 Å². The van der Waals surface area contributed by atoms with Crippen molar-refractivity contribution in [2.75, 3.05) is 18.1 Å². The number of hydrogen-bond acceptors (Lipinski definition) is 6. The highest BCUT2D eigenvalue weighted by Crippen LogP contribution is 2.21. The van der Waals surface area contributed by atoms with E-state index in [-0.39, 0.29) is 11.5 Å². The Balaban J connectivity index is 2.07. The predicted molar refractivity (Wildman–Crippen MR) is 72.4 cm³/mol. The van der Waals surface area contributed by atoms with Gasteiger partial charge in [-0.25, -0.2) is 8.42 Å². The fourth-order valence-corrected chi connectivity index (χ4v) is 4.32. The highest BCUT2D eigenvalue weighted by atomic mass is 32.2. The van der Waals surface area contributed by atoms with E-state index in [9.17, 15) is 13.5 Å². The van der Waals surface area contributed by atoms with Crippen molar-refractivity contribution in [1.82, 2.24) is 4.90 Å². The maximum Gasteiger partial charge on any atom is 0.154 e. The van der Waals surface area contributed by atoms with Crippen molar-refractivity contribution in [2.45, 2.75) is 31.5 Å². The van der Waals surface area contributed by atoms with Gasteiger partial charge in [0.1, 0.15) is 5.76 Å². The average molecular weight is 298 g/mol. The van der Waals surface area contributed by atoms with Gasteiger partial charge < -0.3 is 9.52 Å². The molecule has 2 rings (SSSR count). The third-order valence-corrected chi connectivity index (χ3v) is 5.13. The smallest absolute Gasteiger partial charge is 0.154 e. The van der Waals surface area contributed by atoms with E-state index in [1.54, 1.807) is 12.3 Å². The summed E-state index contributed by atoms with van der Waals surface area (Å²) < 4.78 is 28.5. The summed E-state index contributed by atoms with van der Waals surface area (Å²) in [6.45, 7) is 1.00. The number of aliphatic hydroxyl groups is 1. The predicted octanol–water partition coefficient (Wildman–Crippen LogP) is 0.543. The normalized spacial score (nSPS) is 24.9. The van der Waals surface area contributed by atoms with E-state index in [4.69, 9.17) is 9.68 Å². The quantitative estimate of drug-likeness (QED) is 0.770. The molecule has 1 aromatic heterocycles. The van der Waals surface area contributed by atoms with Gasteiger partial charge in [-0.05, 0) is 18.6 Å². The lowest BCUT2D eigenvalue weighted by molar-refractivity contribution is 0.0731. The van der Waals surface area contributed by atoms with Crippen LogP contribution in [0.15, 0.2) is 22.8 Å². The first-order valence-electron chi connectivity index (χ1n) is 6.54. The molecule has 2 unspecified atom stereocenters. The van der Waals surface area contributed by atoms with E-state index in [2.05, 4.69) is 6.07 Å². The third kappa shape index (κ3) is 3.82. The summed E-state index contributed by atoms with van der Waals surface area (Å²) in [6.07, 6.45) is 1.73. The maximum absolute atomic E-state index is 11.6. The van der Waals surface area contributed by atoms with E-state index < -0.39 is 22.0 Å². The number of aliphatic hydroxyl groups excluding tert-OH is 1. The van der Waals surface area contributed by atoms with Crippen molar-refractivity contribution >= 4 is 9.84 Å². The maximum atomic E-state index is 11.6. The van der Waals surface area contributed by atoms with Crippen LogP contribution < -0.4 is 0 Å². The van der Waals surface area contributed by atoms with Crippen molar-refractivity contribution in [3.05, 3.63) is 24.2 Å². The lowest BCUT2D eigenvalue weighted by atomic mass is 10.1. The second kappa shape index (κ2) is 6.39. The van der Waals surface area contributed by atoms with Crippen molar-refractivity contribution < 1.29 is 17.9 Å². The van der Waals surface area contributed by atoms with Crippen molar-refractivity contribution in [2.24, 2.45) is 0 Å². The lowest BCUT2D eigenvalue weighted by Crippen LogP contribution is -2.43. The first kappa shape index (κ1) is 15.0. The third-order valence-electron chi connectivity index (χ3n) is 3.44. The molecule has 1 saturated heterocycles. The number of hydrogen-bond donors (Lipinski definition) is 1. The first-order chi connectivity index (χ1) is 9.52. The summed E-state index contributed by atoms with van der Waals surface area (Å²) in [5.41, 5.74) is 0. The number of nitriles is 1. The standard InChI is InChI=1S/C13H18N2O4S/c14-5-1-2-6-15(8-11-4-3-7-19-11)12-9-20(17,18)10-13(12)16/h3-4,7,12-13,16H,1-2,6,8-10H2. The minimum Gasteiger partial charge on any atom is -0.468 e.